The van der Waals surface area contributed by atoms with Crippen LogP contribution in [0.4, 0.5) is 0 Å². The van der Waals surface area contributed by atoms with Gasteiger partial charge in [-0.1, -0.05) is 30.2 Å². The molecule has 2 amide bonds. The van der Waals surface area contributed by atoms with E-state index in [1.807, 2.05) is 0 Å². The summed E-state index contributed by atoms with van der Waals surface area (Å²) >= 11 is 5.97. The summed E-state index contributed by atoms with van der Waals surface area (Å²) in [5.41, 5.74) is 2.91. The molecule has 0 spiro atoms. The van der Waals surface area contributed by atoms with E-state index < -0.39 is 0 Å². The Kier molecular flexibility index (Phi) is 7.72. The molecule has 0 aliphatic heterocycles. The number of carbonyl (C=O) groups excluding carboxylic acids is 2. The number of hydrazone groups is 1. The molecule has 2 N–H and O–H groups in total. The molecule has 7 heteroatoms. The summed E-state index contributed by atoms with van der Waals surface area (Å²) in [5.74, 6) is 0.244. The monoisotopic (exact) mass is 361 g/mol. The average Bonchev–Trinajstić information content (AvgIpc) is 3.11. The smallest absolute Gasteiger partial charge is 0.252 e. The highest BCUT2D eigenvalue weighted by Gasteiger charge is 2.08. The number of nitrogens with zero attached hydrogens (tertiary/aromatic N) is 1. The van der Waals surface area contributed by atoms with Crippen molar-refractivity contribution >= 4 is 29.6 Å². The van der Waals surface area contributed by atoms with Gasteiger partial charge in [-0.05, 0) is 37.1 Å². The van der Waals surface area contributed by atoms with Crippen LogP contribution in [-0.4, -0.2) is 24.6 Å². The zero-order valence-electron chi connectivity index (χ0n) is 13.7. The first-order valence-corrected chi connectivity index (χ1v) is 8.43. The number of rotatable bonds is 9. The summed E-state index contributed by atoms with van der Waals surface area (Å²) in [6.07, 6.45) is 5.71. The van der Waals surface area contributed by atoms with E-state index in [0.717, 1.165) is 19.3 Å². The Balaban J connectivity index is 1.53. The molecular weight excluding hydrogens is 342 g/mol. The normalized spacial score (nSPS) is 10.8. The lowest BCUT2D eigenvalue weighted by molar-refractivity contribution is -0.121. The lowest BCUT2D eigenvalue weighted by Crippen LogP contribution is -2.24. The van der Waals surface area contributed by atoms with E-state index in [4.69, 9.17) is 16.0 Å². The zero-order valence-corrected chi connectivity index (χ0v) is 14.5. The first-order chi connectivity index (χ1) is 12.2. The van der Waals surface area contributed by atoms with Crippen molar-refractivity contribution in [3.63, 3.8) is 0 Å². The van der Waals surface area contributed by atoms with E-state index in [1.54, 1.807) is 36.4 Å². The molecule has 1 aromatic heterocycles. The fourth-order valence-corrected chi connectivity index (χ4v) is 2.34. The SMILES string of the molecule is O=C(CCCCCNC(=O)c1ccccc1Cl)NN=Cc1ccco1. The standard InChI is InChI=1S/C18H20ClN3O3/c19-16-9-4-3-8-15(16)18(24)20-11-5-1-2-10-17(23)22-21-13-14-7-6-12-25-14/h3-4,6-9,12-13H,1-2,5,10-11H2,(H,20,24)(H,22,23). The van der Waals surface area contributed by atoms with Gasteiger partial charge in [0.15, 0.2) is 0 Å². The van der Waals surface area contributed by atoms with Crippen molar-refractivity contribution in [2.75, 3.05) is 6.54 Å². The number of halogens is 1. The predicted molar refractivity (Wildman–Crippen MR) is 96.7 cm³/mol. The summed E-state index contributed by atoms with van der Waals surface area (Å²) in [4.78, 5) is 23.5. The highest BCUT2D eigenvalue weighted by Crippen LogP contribution is 2.14. The molecule has 0 saturated carbocycles. The van der Waals surface area contributed by atoms with Crippen LogP contribution < -0.4 is 10.7 Å². The van der Waals surface area contributed by atoms with Crippen LogP contribution in [0, 0.1) is 0 Å². The Morgan fingerprint density at radius 1 is 1.12 bits per heavy atom. The van der Waals surface area contributed by atoms with E-state index in [1.165, 1.54) is 12.5 Å². The number of carbonyl (C=O) groups is 2. The molecule has 2 aromatic rings. The number of hydrogen-bond acceptors (Lipinski definition) is 4. The molecule has 6 nitrogen and oxygen atoms in total. The Bertz CT molecular complexity index is 714. The molecule has 2 rings (SSSR count). The highest BCUT2D eigenvalue weighted by molar-refractivity contribution is 6.33. The van der Waals surface area contributed by atoms with Gasteiger partial charge in [0.25, 0.3) is 5.91 Å². The van der Waals surface area contributed by atoms with E-state index in [9.17, 15) is 9.59 Å². The predicted octanol–water partition coefficient (Wildman–Crippen LogP) is 3.37. The number of benzene rings is 1. The summed E-state index contributed by atoms with van der Waals surface area (Å²) < 4.78 is 5.06. The molecule has 132 valence electrons. The van der Waals surface area contributed by atoms with E-state index in [-0.39, 0.29) is 11.8 Å². The lowest BCUT2D eigenvalue weighted by Gasteiger charge is -2.06. The van der Waals surface area contributed by atoms with Crippen LogP contribution in [0.25, 0.3) is 0 Å². The van der Waals surface area contributed by atoms with Gasteiger partial charge in [0, 0.05) is 13.0 Å². The molecular formula is C18H20ClN3O3. The van der Waals surface area contributed by atoms with Gasteiger partial charge in [0.05, 0.1) is 23.1 Å². The molecule has 0 aliphatic rings. The van der Waals surface area contributed by atoms with E-state index >= 15 is 0 Å². The maximum Gasteiger partial charge on any atom is 0.252 e. The van der Waals surface area contributed by atoms with Crippen molar-refractivity contribution in [1.82, 2.24) is 10.7 Å². The first-order valence-electron chi connectivity index (χ1n) is 8.05. The summed E-state index contributed by atoms with van der Waals surface area (Å²) in [6.45, 7) is 0.544. The van der Waals surface area contributed by atoms with Crippen molar-refractivity contribution in [1.29, 1.82) is 0 Å². The third kappa shape index (κ3) is 6.81. The Labute approximate surface area is 151 Å². The molecule has 0 saturated heterocycles. The highest BCUT2D eigenvalue weighted by atomic mass is 35.5. The minimum absolute atomic E-state index is 0.150. The lowest BCUT2D eigenvalue weighted by atomic mass is 10.1. The van der Waals surface area contributed by atoms with Gasteiger partial charge in [-0.25, -0.2) is 5.43 Å². The van der Waals surface area contributed by atoms with Crippen LogP contribution in [0.1, 0.15) is 41.8 Å². The largest absolute Gasteiger partial charge is 0.463 e. The molecule has 0 aliphatic carbocycles. The van der Waals surface area contributed by atoms with Gasteiger partial charge in [0.1, 0.15) is 5.76 Å². The topological polar surface area (TPSA) is 83.7 Å². The molecule has 0 atom stereocenters. The molecule has 25 heavy (non-hydrogen) atoms. The number of hydrogen-bond donors (Lipinski definition) is 2. The molecule has 0 radical (unpaired) electrons. The molecule has 1 aromatic carbocycles. The Hall–Kier alpha value is -2.60. The molecule has 0 fully saturated rings. The van der Waals surface area contributed by atoms with E-state index in [2.05, 4.69) is 15.8 Å². The second-order valence-corrected chi connectivity index (χ2v) is 5.76. The van der Waals surface area contributed by atoms with Gasteiger partial charge in [-0.3, -0.25) is 9.59 Å². The minimum Gasteiger partial charge on any atom is -0.463 e. The van der Waals surface area contributed by atoms with Gasteiger partial charge in [0.2, 0.25) is 5.91 Å². The Morgan fingerprint density at radius 2 is 1.96 bits per heavy atom. The second-order valence-electron chi connectivity index (χ2n) is 5.36. The summed E-state index contributed by atoms with van der Waals surface area (Å²) in [5, 5.41) is 7.06. The fraction of sp³-hybridized carbons (Fsp3) is 0.278. The second kappa shape index (κ2) is 10.3. The fourth-order valence-electron chi connectivity index (χ4n) is 2.12. The minimum atomic E-state index is -0.185. The van der Waals surface area contributed by atoms with Gasteiger partial charge in [-0.15, -0.1) is 0 Å². The van der Waals surface area contributed by atoms with Crippen molar-refractivity contribution in [2.45, 2.75) is 25.7 Å². The van der Waals surface area contributed by atoms with Crippen molar-refractivity contribution in [2.24, 2.45) is 5.10 Å². The van der Waals surface area contributed by atoms with Crippen LogP contribution in [-0.2, 0) is 4.79 Å². The molecule has 0 bridgehead atoms. The maximum atomic E-state index is 11.9. The third-order valence-corrected chi connectivity index (χ3v) is 3.74. The number of nitrogens with one attached hydrogen (secondary N) is 2. The maximum absolute atomic E-state index is 11.9. The van der Waals surface area contributed by atoms with Crippen LogP contribution in [0.5, 0.6) is 0 Å². The first kappa shape index (κ1) is 18.7. The van der Waals surface area contributed by atoms with Gasteiger partial charge < -0.3 is 9.73 Å². The van der Waals surface area contributed by atoms with Gasteiger partial charge in [-0.2, -0.15) is 5.10 Å². The summed E-state index contributed by atoms with van der Waals surface area (Å²) in [7, 11) is 0. The van der Waals surface area contributed by atoms with Crippen molar-refractivity contribution in [3.05, 3.63) is 59.0 Å². The van der Waals surface area contributed by atoms with Gasteiger partial charge >= 0.3 is 0 Å². The Morgan fingerprint density at radius 3 is 2.72 bits per heavy atom. The quantitative estimate of drug-likeness (QED) is 0.408. The van der Waals surface area contributed by atoms with E-state index in [0.29, 0.717) is 29.3 Å². The average molecular weight is 362 g/mol. The van der Waals surface area contributed by atoms with Crippen LogP contribution in [0.3, 0.4) is 0 Å². The zero-order chi connectivity index (χ0) is 17.9. The number of unbranched alkanes of at least 4 members (excludes halogenated alkanes) is 2. The van der Waals surface area contributed by atoms with Crippen molar-refractivity contribution < 1.29 is 14.0 Å². The summed E-state index contributed by atoms with van der Waals surface area (Å²) in [6, 6.07) is 10.4. The van der Waals surface area contributed by atoms with Crippen LogP contribution in [0.15, 0.2) is 52.2 Å². The van der Waals surface area contributed by atoms with Crippen LogP contribution >= 0.6 is 11.6 Å². The third-order valence-electron chi connectivity index (χ3n) is 3.41. The molecule has 0 unspecified atom stereocenters. The molecule has 1 heterocycles. The number of amides is 2. The van der Waals surface area contributed by atoms with Crippen molar-refractivity contribution in [3.8, 4) is 0 Å². The van der Waals surface area contributed by atoms with Crippen LogP contribution in [0.2, 0.25) is 5.02 Å². The number of furan rings is 1.